The number of carbonyl (C=O) groups is 1. The minimum Gasteiger partial charge on any atom is -0.350 e. The fraction of sp³-hybridized carbons (Fsp3) is 0.176. The Labute approximate surface area is 142 Å². The highest BCUT2D eigenvalue weighted by atomic mass is 35.5. The second-order valence-corrected chi connectivity index (χ2v) is 5.86. The van der Waals surface area contributed by atoms with Crippen LogP contribution < -0.4 is 10.9 Å². The molecule has 1 N–H and O–H groups in total. The van der Waals surface area contributed by atoms with Crippen molar-refractivity contribution in [1.82, 2.24) is 14.5 Å². The number of carbonyl (C=O) groups excluding carboxylic acids is 1. The molecule has 1 amide bonds. The number of hydrogen-bond acceptors (Lipinski definition) is 2. The number of nitrogens with one attached hydrogen (secondary N) is 1. The summed E-state index contributed by atoms with van der Waals surface area (Å²) in [5.41, 5.74) is 0.348. The number of fused-ring (bicyclic) bond motifs is 1. The zero-order chi connectivity index (χ0) is 17.3. The van der Waals surface area contributed by atoms with E-state index in [-0.39, 0.29) is 29.2 Å². The molecule has 7 heteroatoms. The van der Waals surface area contributed by atoms with E-state index in [0.29, 0.717) is 5.52 Å². The van der Waals surface area contributed by atoms with Gasteiger partial charge in [0.05, 0.1) is 5.56 Å². The predicted molar refractivity (Wildman–Crippen MR) is 90.9 cm³/mol. The first-order valence-electron chi connectivity index (χ1n) is 7.35. The molecular weight excluding hydrogens is 333 g/mol. The number of nitrogens with zero attached hydrogens (tertiary/aromatic N) is 2. The van der Waals surface area contributed by atoms with Crippen molar-refractivity contribution in [2.45, 2.75) is 6.54 Å². The van der Waals surface area contributed by atoms with E-state index in [0.717, 1.165) is 11.5 Å². The highest BCUT2D eigenvalue weighted by Gasteiger charge is 2.12. The maximum Gasteiger partial charge on any atom is 0.275 e. The molecule has 24 heavy (non-hydrogen) atoms. The fourth-order valence-electron chi connectivity index (χ4n) is 2.56. The van der Waals surface area contributed by atoms with Crippen molar-refractivity contribution in [2.75, 3.05) is 6.54 Å². The summed E-state index contributed by atoms with van der Waals surface area (Å²) in [5.74, 6) is -1.21. The number of benzene rings is 1. The number of aromatic nitrogens is 2. The van der Waals surface area contributed by atoms with E-state index in [1.54, 1.807) is 17.8 Å². The third-order valence-corrected chi connectivity index (χ3v) is 4.05. The van der Waals surface area contributed by atoms with Gasteiger partial charge in [-0.25, -0.2) is 4.39 Å². The minimum atomic E-state index is -0.640. The molecule has 0 saturated heterocycles. The molecule has 0 aliphatic heterocycles. The maximum atomic E-state index is 13.6. The van der Waals surface area contributed by atoms with Gasteiger partial charge < -0.3 is 14.5 Å². The second kappa shape index (κ2) is 6.49. The first-order valence-corrected chi connectivity index (χ1v) is 7.73. The SMILES string of the molecule is Cn1ccc2ccn(CCNC(=O)c3cc(Cl)ccc3F)c(=O)c21. The summed E-state index contributed by atoms with van der Waals surface area (Å²) in [6, 6.07) is 7.50. The van der Waals surface area contributed by atoms with Crippen molar-refractivity contribution >= 4 is 28.4 Å². The van der Waals surface area contributed by atoms with Crippen LogP contribution in [0.5, 0.6) is 0 Å². The standard InChI is InChI=1S/C17H15ClFN3O2/c1-21-7-4-11-5-8-22(17(24)15(11)21)9-6-20-16(23)13-10-12(18)2-3-14(13)19/h2-5,7-8,10H,6,9H2,1H3,(H,20,23). The van der Waals surface area contributed by atoms with E-state index < -0.39 is 11.7 Å². The fourth-order valence-corrected chi connectivity index (χ4v) is 2.74. The molecule has 1 aromatic carbocycles. The van der Waals surface area contributed by atoms with Crippen LogP contribution in [0.2, 0.25) is 5.02 Å². The van der Waals surface area contributed by atoms with Crippen molar-refractivity contribution in [3.63, 3.8) is 0 Å². The quantitative estimate of drug-likeness (QED) is 0.788. The molecule has 3 aromatic rings. The number of halogens is 2. The van der Waals surface area contributed by atoms with E-state index >= 15 is 0 Å². The molecule has 0 saturated carbocycles. The van der Waals surface area contributed by atoms with Crippen molar-refractivity contribution in [3.05, 3.63) is 69.5 Å². The molecular formula is C17H15ClFN3O2. The van der Waals surface area contributed by atoms with Crippen LogP contribution in [-0.2, 0) is 13.6 Å². The number of amides is 1. The van der Waals surface area contributed by atoms with Crippen molar-refractivity contribution in [1.29, 1.82) is 0 Å². The van der Waals surface area contributed by atoms with Crippen LogP contribution in [0, 0.1) is 5.82 Å². The average molecular weight is 348 g/mol. The molecule has 0 spiro atoms. The summed E-state index contributed by atoms with van der Waals surface area (Å²) in [5, 5.41) is 3.74. The molecule has 0 atom stereocenters. The predicted octanol–water partition coefficient (Wildman–Crippen LogP) is 2.56. The van der Waals surface area contributed by atoms with Crippen LogP contribution in [0.15, 0.2) is 47.5 Å². The average Bonchev–Trinajstić information content (AvgIpc) is 2.93. The van der Waals surface area contributed by atoms with Gasteiger partial charge in [-0.2, -0.15) is 0 Å². The number of pyridine rings is 1. The number of hydrogen-bond donors (Lipinski definition) is 1. The van der Waals surface area contributed by atoms with Gasteiger partial charge in [-0.3, -0.25) is 9.59 Å². The summed E-state index contributed by atoms with van der Waals surface area (Å²) in [4.78, 5) is 24.4. The Balaban J connectivity index is 1.71. The summed E-state index contributed by atoms with van der Waals surface area (Å²) in [6.45, 7) is 0.481. The molecule has 0 aliphatic carbocycles. The van der Waals surface area contributed by atoms with Crippen molar-refractivity contribution < 1.29 is 9.18 Å². The van der Waals surface area contributed by atoms with Gasteiger partial charge in [0, 0.05) is 42.9 Å². The summed E-state index contributed by atoms with van der Waals surface area (Å²) >= 11 is 5.78. The molecule has 124 valence electrons. The topological polar surface area (TPSA) is 56.0 Å². The third-order valence-electron chi connectivity index (χ3n) is 3.81. The Hall–Kier alpha value is -2.60. The van der Waals surface area contributed by atoms with E-state index in [2.05, 4.69) is 5.32 Å². The summed E-state index contributed by atoms with van der Waals surface area (Å²) < 4.78 is 16.9. The molecule has 3 rings (SSSR count). The van der Waals surface area contributed by atoms with E-state index in [1.165, 1.54) is 16.7 Å². The zero-order valence-electron chi connectivity index (χ0n) is 12.9. The van der Waals surface area contributed by atoms with Crippen LogP contribution in [0.3, 0.4) is 0 Å². The Kier molecular flexibility index (Phi) is 4.40. The highest BCUT2D eigenvalue weighted by molar-refractivity contribution is 6.31. The normalized spacial score (nSPS) is 11.0. The van der Waals surface area contributed by atoms with Crippen LogP contribution >= 0.6 is 11.6 Å². The maximum absolute atomic E-state index is 13.6. The second-order valence-electron chi connectivity index (χ2n) is 5.42. The summed E-state index contributed by atoms with van der Waals surface area (Å²) in [6.07, 6.45) is 3.50. The van der Waals surface area contributed by atoms with Crippen LogP contribution in [0.4, 0.5) is 4.39 Å². The largest absolute Gasteiger partial charge is 0.350 e. The van der Waals surface area contributed by atoms with E-state index in [9.17, 15) is 14.0 Å². The lowest BCUT2D eigenvalue weighted by molar-refractivity contribution is 0.0948. The molecule has 5 nitrogen and oxygen atoms in total. The lowest BCUT2D eigenvalue weighted by Crippen LogP contribution is -2.31. The number of rotatable bonds is 4. The van der Waals surface area contributed by atoms with Gasteiger partial charge >= 0.3 is 0 Å². The number of aryl methyl sites for hydroxylation is 1. The monoisotopic (exact) mass is 347 g/mol. The smallest absolute Gasteiger partial charge is 0.275 e. The van der Waals surface area contributed by atoms with Gasteiger partial charge in [0.2, 0.25) is 0 Å². The van der Waals surface area contributed by atoms with Gasteiger partial charge in [0.25, 0.3) is 11.5 Å². The molecule has 2 aromatic heterocycles. The molecule has 0 bridgehead atoms. The van der Waals surface area contributed by atoms with E-state index in [4.69, 9.17) is 11.6 Å². The summed E-state index contributed by atoms with van der Waals surface area (Å²) in [7, 11) is 1.80. The highest BCUT2D eigenvalue weighted by Crippen LogP contribution is 2.14. The third kappa shape index (κ3) is 3.05. The lowest BCUT2D eigenvalue weighted by atomic mass is 10.2. The first-order chi connectivity index (χ1) is 11.5. The molecule has 0 aliphatic rings. The molecule has 2 heterocycles. The zero-order valence-corrected chi connectivity index (χ0v) is 13.7. The van der Waals surface area contributed by atoms with Crippen molar-refractivity contribution in [2.24, 2.45) is 7.05 Å². The van der Waals surface area contributed by atoms with Gasteiger partial charge in [-0.1, -0.05) is 11.6 Å². The Morgan fingerprint density at radius 1 is 1.25 bits per heavy atom. The minimum absolute atomic E-state index is 0.118. The molecule has 0 radical (unpaired) electrons. The first kappa shape index (κ1) is 16.3. The van der Waals surface area contributed by atoms with Crippen LogP contribution in [0.1, 0.15) is 10.4 Å². The molecule has 0 unspecified atom stereocenters. The van der Waals surface area contributed by atoms with Crippen LogP contribution in [-0.4, -0.2) is 21.6 Å². The van der Waals surface area contributed by atoms with Gasteiger partial charge in [-0.05, 0) is 30.3 Å². The van der Waals surface area contributed by atoms with E-state index in [1.807, 2.05) is 18.3 Å². The Morgan fingerprint density at radius 3 is 2.79 bits per heavy atom. The Morgan fingerprint density at radius 2 is 2.00 bits per heavy atom. The van der Waals surface area contributed by atoms with Crippen molar-refractivity contribution in [3.8, 4) is 0 Å². The van der Waals surface area contributed by atoms with Crippen LogP contribution in [0.25, 0.3) is 10.9 Å². The lowest BCUT2D eigenvalue weighted by Gasteiger charge is -2.09. The molecule has 0 fully saturated rings. The van der Waals surface area contributed by atoms with Gasteiger partial charge in [0.15, 0.2) is 0 Å². The van der Waals surface area contributed by atoms with Gasteiger partial charge in [-0.15, -0.1) is 0 Å². The van der Waals surface area contributed by atoms with Gasteiger partial charge in [0.1, 0.15) is 11.3 Å². The Bertz CT molecular complexity index is 978.